The first kappa shape index (κ1) is 29.6. The summed E-state index contributed by atoms with van der Waals surface area (Å²) in [7, 11) is 0. The fraction of sp³-hybridized carbons (Fsp3) is 0.621. The van der Waals surface area contributed by atoms with Crippen molar-refractivity contribution >= 4 is 29.6 Å². The molecule has 1 aromatic rings. The minimum absolute atomic E-state index is 0.0504. The molecule has 4 aliphatic rings. The van der Waals surface area contributed by atoms with Crippen LogP contribution in [0.15, 0.2) is 22.1 Å². The Morgan fingerprint density at radius 1 is 1.07 bits per heavy atom. The predicted octanol–water partition coefficient (Wildman–Crippen LogP) is -0.0191. The Hall–Kier alpha value is -3.87. The molecule has 4 heterocycles. The molecule has 2 fully saturated rings. The van der Waals surface area contributed by atoms with Gasteiger partial charge in [-0.2, -0.15) is 0 Å². The largest absolute Gasteiger partial charge is 0.507 e. The molecule has 2 unspecified atom stereocenters. The lowest BCUT2D eigenvalue weighted by Gasteiger charge is -2.50. The number of guanidine groups is 2. The SMILES string of the molecule is CC(C)(C)c1cc(C(=O)NC2CN3C(N)=N[C@@H](CN4C(=O)CCC4=O)[C@@H]4N=C(N)NC43[C@@]2(C)O)cc(C(C)(C)C)c1O. The molecule has 228 valence electrons. The first-order valence-electron chi connectivity index (χ1n) is 14.3. The van der Waals surface area contributed by atoms with Gasteiger partial charge in [0.15, 0.2) is 17.6 Å². The number of phenols is 1. The summed E-state index contributed by atoms with van der Waals surface area (Å²) in [4.78, 5) is 50.5. The number of imide groups is 1. The first-order valence-corrected chi connectivity index (χ1v) is 14.3. The third kappa shape index (κ3) is 4.36. The van der Waals surface area contributed by atoms with Gasteiger partial charge in [-0.3, -0.25) is 19.3 Å². The number of carbonyl (C=O) groups is 3. The minimum Gasteiger partial charge on any atom is -0.507 e. The number of nitrogens with two attached hydrogens (primary N) is 2. The molecule has 13 nitrogen and oxygen atoms in total. The first-order chi connectivity index (χ1) is 19.3. The maximum absolute atomic E-state index is 13.8. The average Bonchev–Trinajstić information content (AvgIpc) is 3.45. The van der Waals surface area contributed by atoms with Crippen LogP contribution in [-0.2, 0) is 20.4 Å². The number of aromatic hydroxyl groups is 1. The predicted molar refractivity (Wildman–Crippen MR) is 157 cm³/mol. The number of aliphatic hydroxyl groups is 1. The topological polar surface area (TPSA) is 199 Å². The maximum Gasteiger partial charge on any atom is 0.251 e. The molecule has 5 rings (SSSR count). The highest BCUT2D eigenvalue weighted by molar-refractivity contribution is 6.02. The van der Waals surface area contributed by atoms with Crippen LogP contribution in [0.2, 0.25) is 0 Å². The number of amides is 3. The summed E-state index contributed by atoms with van der Waals surface area (Å²) in [6.07, 6.45) is 0.264. The molecule has 2 saturated heterocycles. The van der Waals surface area contributed by atoms with E-state index in [9.17, 15) is 24.6 Å². The lowest BCUT2D eigenvalue weighted by Crippen LogP contribution is -2.77. The fourth-order valence-corrected chi connectivity index (χ4v) is 6.68. The van der Waals surface area contributed by atoms with Crippen molar-refractivity contribution in [1.29, 1.82) is 0 Å². The van der Waals surface area contributed by atoms with Gasteiger partial charge < -0.3 is 37.2 Å². The molecule has 0 radical (unpaired) electrons. The van der Waals surface area contributed by atoms with E-state index in [1.54, 1.807) is 24.0 Å². The molecule has 1 aromatic carbocycles. The molecular formula is C29H42N8O5. The summed E-state index contributed by atoms with van der Waals surface area (Å²) in [5.74, 6) is -0.750. The molecule has 5 atom stereocenters. The minimum atomic E-state index is -1.69. The Morgan fingerprint density at radius 2 is 1.62 bits per heavy atom. The van der Waals surface area contributed by atoms with Gasteiger partial charge in [0.1, 0.15) is 17.4 Å². The normalized spacial score (nSPS) is 31.0. The maximum atomic E-state index is 13.8. The molecule has 0 bridgehead atoms. The molecule has 3 amide bonds. The second-order valence-electron chi connectivity index (χ2n) is 14.0. The van der Waals surface area contributed by atoms with Crippen LogP contribution < -0.4 is 22.1 Å². The summed E-state index contributed by atoms with van der Waals surface area (Å²) in [6, 6.07) is 0.943. The molecule has 8 N–H and O–H groups in total. The third-order valence-electron chi connectivity index (χ3n) is 9.02. The Labute approximate surface area is 245 Å². The van der Waals surface area contributed by atoms with Gasteiger partial charge in [0.05, 0.1) is 18.6 Å². The van der Waals surface area contributed by atoms with E-state index in [1.807, 2.05) is 41.5 Å². The van der Waals surface area contributed by atoms with E-state index in [0.29, 0.717) is 16.7 Å². The lowest BCUT2D eigenvalue weighted by molar-refractivity contribution is -0.139. The van der Waals surface area contributed by atoms with Gasteiger partial charge in [-0.15, -0.1) is 0 Å². The van der Waals surface area contributed by atoms with Crippen molar-refractivity contribution in [2.45, 2.75) is 102 Å². The molecule has 13 heteroatoms. The second kappa shape index (κ2) is 9.32. The van der Waals surface area contributed by atoms with E-state index in [-0.39, 0.29) is 55.4 Å². The number of aliphatic imine (C=N–C) groups is 2. The van der Waals surface area contributed by atoms with Crippen molar-refractivity contribution in [3.05, 3.63) is 28.8 Å². The highest BCUT2D eigenvalue weighted by atomic mass is 16.3. The van der Waals surface area contributed by atoms with Crippen LogP contribution in [-0.4, -0.2) is 92.1 Å². The number of benzene rings is 1. The highest BCUT2D eigenvalue weighted by Gasteiger charge is 2.71. The van der Waals surface area contributed by atoms with Gasteiger partial charge in [-0.05, 0) is 29.9 Å². The van der Waals surface area contributed by atoms with E-state index in [4.69, 9.17) is 11.5 Å². The zero-order chi connectivity index (χ0) is 31.2. The molecular weight excluding hydrogens is 540 g/mol. The van der Waals surface area contributed by atoms with Crippen LogP contribution in [0.4, 0.5) is 0 Å². The van der Waals surface area contributed by atoms with Crippen LogP contribution in [0.1, 0.15) is 82.8 Å². The van der Waals surface area contributed by atoms with Crippen molar-refractivity contribution in [1.82, 2.24) is 20.4 Å². The summed E-state index contributed by atoms with van der Waals surface area (Å²) >= 11 is 0. The number of phenolic OH excluding ortho intramolecular Hbond substituents is 1. The summed E-state index contributed by atoms with van der Waals surface area (Å²) in [5, 5.41) is 29.4. The monoisotopic (exact) mass is 582 g/mol. The van der Waals surface area contributed by atoms with E-state index in [1.165, 1.54) is 0 Å². The van der Waals surface area contributed by atoms with Gasteiger partial charge in [0.25, 0.3) is 5.91 Å². The lowest BCUT2D eigenvalue weighted by atomic mass is 9.77. The number of hydrogen-bond donors (Lipinski definition) is 6. The molecule has 4 aliphatic heterocycles. The van der Waals surface area contributed by atoms with Crippen molar-refractivity contribution in [3.63, 3.8) is 0 Å². The van der Waals surface area contributed by atoms with Crippen molar-refractivity contribution < 1.29 is 24.6 Å². The van der Waals surface area contributed by atoms with Gasteiger partial charge in [0, 0.05) is 36.1 Å². The molecule has 0 saturated carbocycles. The van der Waals surface area contributed by atoms with Crippen LogP contribution in [0, 0.1) is 0 Å². The Morgan fingerprint density at radius 3 is 2.14 bits per heavy atom. The quantitative estimate of drug-likeness (QED) is 0.264. The summed E-state index contributed by atoms with van der Waals surface area (Å²) < 4.78 is 0. The van der Waals surface area contributed by atoms with E-state index in [0.717, 1.165) is 4.90 Å². The Balaban J connectivity index is 1.49. The van der Waals surface area contributed by atoms with E-state index < -0.39 is 46.1 Å². The smallest absolute Gasteiger partial charge is 0.251 e. The number of hydrogen-bond acceptors (Lipinski definition) is 11. The Bertz CT molecular complexity index is 1370. The van der Waals surface area contributed by atoms with Crippen LogP contribution in [0.5, 0.6) is 5.75 Å². The van der Waals surface area contributed by atoms with Gasteiger partial charge in [0.2, 0.25) is 11.8 Å². The molecule has 1 spiro atoms. The zero-order valence-corrected chi connectivity index (χ0v) is 25.3. The van der Waals surface area contributed by atoms with Gasteiger partial charge in [-0.25, -0.2) is 9.98 Å². The third-order valence-corrected chi connectivity index (χ3v) is 9.02. The van der Waals surface area contributed by atoms with Crippen molar-refractivity contribution in [2.75, 3.05) is 13.1 Å². The highest BCUT2D eigenvalue weighted by Crippen LogP contribution is 2.46. The summed E-state index contributed by atoms with van der Waals surface area (Å²) in [5.41, 5.74) is 10.3. The molecule has 42 heavy (non-hydrogen) atoms. The number of rotatable bonds is 4. The van der Waals surface area contributed by atoms with Gasteiger partial charge >= 0.3 is 0 Å². The average molecular weight is 583 g/mol. The van der Waals surface area contributed by atoms with E-state index >= 15 is 0 Å². The second-order valence-corrected chi connectivity index (χ2v) is 14.0. The zero-order valence-electron chi connectivity index (χ0n) is 25.3. The van der Waals surface area contributed by atoms with Crippen molar-refractivity contribution in [3.8, 4) is 5.75 Å². The van der Waals surface area contributed by atoms with Crippen LogP contribution in [0.3, 0.4) is 0 Å². The van der Waals surface area contributed by atoms with E-state index in [2.05, 4.69) is 20.6 Å². The van der Waals surface area contributed by atoms with Crippen molar-refractivity contribution in [2.24, 2.45) is 21.5 Å². The summed E-state index contributed by atoms with van der Waals surface area (Å²) in [6.45, 7) is 13.4. The molecule has 0 aromatic heterocycles. The Kier molecular flexibility index (Phi) is 6.57. The number of nitrogens with zero attached hydrogens (tertiary/aromatic N) is 4. The van der Waals surface area contributed by atoms with Crippen LogP contribution >= 0.6 is 0 Å². The molecule has 0 aliphatic carbocycles. The van der Waals surface area contributed by atoms with Crippen LogP contribution in [0.25, 0.3) is 0 Å². The number of nitrogens with one attached hydrogen (secondary N) is 2. The standard InChI is InChI=1S/C29H42N8O5/c1-26(2,3)15-10-14(11-16(21(15)40)27(4,5)6)23(41)33-18-13-37-25(31)32-17(12-36-19(38)8-9-20(36)39)22-29(37,28(18,7)42)35-24(30)34-22/h10-11,17-18,22,40,42H,8-9,12-13H2,1-7H3,(H2,31,32)(H,33,41)(H3,30,34,35)/t17-,18?,22-,28-,29?/m0/s1. The number of carbonyl (C=O) groups excluding carboxylic acids is 3. The number of likely N-dealkylation sites (tertiary alicyclic amines) is 1. The fourth-order valence-electron chi connectivity index (χ4n) is 6.68. The van der Waals surface area contributed by atoms with Gasteiger partial charge in [-0.1, -0.05) is 41.5 Å².